The summed E-state index contributed by atoms with van der Waals surface area (Å²) in [5.74, 6) is 0. The van der Waals surface area contributed by atoms with E-state index in [4.69, 9.17) is 0 Å². The van der Waals surface area contributed by atoms with Crippen LogP contribution in [0.15, 0.2) is 0 Å². The van der Waals surface area contributed by atoms with Crippen molar-refractivity contribution in [1.29, 1.82) is 0 Å². The fraction of sp³-hybridized carbons (Fsp3) is 1.00. The molecule has 2 heteroatoms. The predicted octanol–water partition coefficient (Wildman–Crippen LogP) is 1.88. The number of hydrogen-bond acceptors (Lipinski definition) is 1. The van der Waals surface area contributed by atoms with Crippen molar-refractivity contribution in [3.05, 3.63) is 0 Å². The van der Waals surface area contributed by atoms with E-state index in [0.717, 1.165) is 13.1 Å². The van der Waals surface area contributed by atoms with Gasteiger partial charge >= 0.3 is 0 Å². The van der Waals surface area contributed by atoms with Crippen molar-refractivity contribution in [2.24, 2.45) is 0 Å². The van der Waals surface area contributed by atoms with Crippen molar-refractivity contribution in [3.8, 4) is 0 Å². The van der Waals surface area contributed by atoms with Crippen LogP contribution in [0.2, 0.25) is 0 Å². The predicted molar refractivity (Wildman–Crippen MR) is 57.1 cm³/mol. The smallest absolute Gasteiger partial charge is 0.0261 e. The monoisotopic (exact) mass is 183 g/mol. The maximum Gasteiger partial charge on any atom is 0.0261 e. The maximum atomic E-state index is 4.34. The maximum absolute atomic E-state index is 4.34. The Labute approximate surface area is 82.7 Å². The Balaban J connectivity index is 1.86. The zero-order valence-corrected chi connectivity index (χ0v) is 8.97. The molecule has 0 bridgehead atoms. The summed E-state index contributed by atoms with van der Waals surface area (Å²) in [6, 6.07) is 0. The van der Waals surface area contributed by atoms with E-state index in [1.807, 2.05) is 0 Å². The van der Waals surface area contributed by atoms with Gasteiger partial charge in [0, 0.05) is 26.2 Å². The molecule has 2 nitrogen and oxygen atoms in total. The van der Waals surface area contributed by atoms with Gasteiger partial charge in [-0.2, -0.15) is 0 Å². The van der Waals surface area contributed by atoms with Crippen molar-refractivity contribution in [2.75, 3.05) is 32.7 Å². The minimum atomic E-state index is 1.06. The van der Waals surface area contributed by atoms with Crippen LogP contribution in [0, 0.1) is 0 Å². The van der Waals surface area contributed by atoms with E-state index >= 15 is 0 Å². The van der Waals surface area contributed by atoms with Crippen LogP contribution in [0.5, 0.6) is 0 Å². The molecule has 77 valence electrons. The Morgan fingerprint density at radius 2 is 1.69 bits per heavy atom. The summed E-state index contributed by atoms with van der Waals surface area (Å²) in [4.78, 5) is 2.55. The molecule has 1 saturated heterocycles. The van der Waals surface area contributed by atoms with Gasteiger partial charge in [0.2, 0.25) is 0 Å². The largest absolute Gasteiger partial charge is 0.301 e. The Kier molecular flexibility index (Phi) is 6.21. The number of piperazine rings is 1. The van der Waals surface area contributed by atoms with E-state index in [1.54, 1.807) is 0 Å². The molecule has 0 saturated carbocycles. The van der Waals surface area contributed by atoms with Gasteiger partial charge in [-0.3, -0.25) is 0 Å². The normalized spacial score (nSPS) is 19.2. The number of hydrogen-bond donors (Lipinski definition) is 0. The molecule has 1 fully saturated rings. The van der Waals surface area contributed by atoms with Gasteiger partial charge in [0.15, 0.2) is 0 Å². The minimum Gasteiger partial charge on any atom is -0.301 e. The summed E-state index contributed by atoms with van der Waals surface area (Å²) >= 11 is 0. The van der Waals surface area contributed by atoms with Crippen LogP contribution in [0.25, 0.3) is 0 Å². The zero-order chi connectivity index (χ0) is 9.36. The number of unbranched alkanes of at least 4 members (excludes halogenated alkanes) is 4. The van der Waals surface area contributed by atoms with Gasteiger partial charge in [0.1, 0.15) is 0 Å². The van der Waals surface area contributed by atoms with Crippen LogP contribution in [0.4, 0.5) is 0 Å². The van der Waals surface area contributed by atoms with Crippen molar-refractivity contribution < 1.29 is 0 Å². The van der Waals surface area contributed by atoms with Gasteiger partial charge in [-0.15, -0.1) is 0 Å². The highest BCUT2D eigenvalue weighted by Crippen LogP contribution is 2.04. The van der Waals surface area contributed by atoms with Gasteiger partial charge in [-0.25, -0.2) is 5.32 Å². The summed E-state index contributed by atoms with van der Waals surface area (Å²) in [6.07, 6.45) is 6.99. The van der Waals surface area contributed by atoms with Crippen LogP contribution < -0.4 is 5.32 Å². The molecule has 0 N–H and O–H groups in total. The second-order valence-electron chi connectivity index (χ2n) is 3.93. The van der Waals surface area contributed by atoms with Crippen LogP contribution in [-0.2, 0) is 0 Å². The molecule has 0 unspecified atom stereocenters. The summed E-state index contributed by atoms with van der Waals surface area (Å²) in [5, 5.41) is 4.34. The third-order valence-electron chi connectivity index (χ3n) is 2.73. The topological polar surface area (TPSA) is 17.3 Å². The fourth-order valence-corrected chi connectivity index (χ4v) is 1.81. The summed E-state index contributed by atoms with van der Waals surface area (Å²) in [5.41, 5.74) is 0. The molecule has 0 spiro atoms. The molecule has 1 heterocycles. The van der Waals surface area contributed by atoms with E-state index in [2.05, 4.69) is 17.1 Å². The summed E-state index contributed by atoms with van der Waals surface area (Å²) in [7, 11) is 0. The van der Waals surface area contributed by atoms with Crippen LogP contribution in [0.3, 0.4) is 0 Å². The molecule has 0 aromatic heterocycles. The lowest BCUT2D eigenvalue weighted by Gasteiger charge is -2.25. The molecular weight excluding hydrogens is 160 g/mol. The Bertz CT molecular complexity index is 109. The molecule has 0 atom stereocenters. The van der Waals surface area contributed by atoms with Gasteiger partial charge in [-0.1, -0.05) is 32.6 Å². The van der Waals surface area contributed by atoms with Crippen LogP contribution >= 0.6 is 0 Å². The van der Waals surface area contributed by atoms with Gasteiger partial charge in [0.05, 0.1) is 0 Å². The fourth-order valence-electron chi connectivity index (χ4n) is 1.81. The van der Waals surface area contributed by atoms with Gasteiger partial charge in [-0.05, 0) is 13.0 Å². The first kappa shape index (κ1) is 11.0. The summed E-state index contributed by atoms with van der Waals surface area (Å²) in [6.45, 7) is 8.11. The lowest BCUT2D eigenvalue weighted by Crippen LogP contribution is -2.40. The van der Waals surface area contributed by atoms with Crippen molar-refractivity contribution in [3.63, 3.8) is 0 Å². The molecule has 1 rings (SSSR count). The first-order valence-corrected chi connectivity index (χ1v) is 5.79. The van der Waals surface area contributed by atoms with E-state index in [-0.39, 0.29) is 0 Å². The van der Waals surface area contributed by atoms with E-state index in [9.17, 15) is 0 Å². The lowest BCUT2D eigenvalue weighted by atomic mass is 10.1. The van der Waals surface area contributed by atoms with Crippen molar-refractivity contribution >= 4 is 0 Å². The highest BCUT2D eigenvalue weighted by atomic mass is 15.2. The highest BCUT2D eigenvalue weighted by Gasteiger charge is 2.08. The molecule has 1 radical (unpaired) electrons. The van der Waals surface area contributed by atoms with E-state index < -0.39 is 0 Å². The molecule has 0 amide bonds. The average Bonchev–Trinajstić information content (AvgIpc) is 2.19. The minimum absolute atomic E-state index is 1.06. The quantitative estimate of drug-likeness (QED) is 0.575. The number of nitrogens with zero attached hydrogens (tertiary/aromatic N) is 2. The summed E-state index contributed by atoms with van der Waals surface area (Å²) < 4.78 is 0. The Morgan fingerprint density at radius 1 is 1.00 bits per heavy atom. The molecule has 0 aromatic rings. The lowest BCUT2D eigenvalue weighted by molar-refractivity contribution is 0.233. The highest BCUT2D eigenvalue weighted by molar-refractivity contribution is 4.66. The molecule has 0 aliphatic carbocycles. The van der Waals surface area contributed by atoms with Crippen LogP contribution in [-0.4, -0.2) is 37.6 Å². The standard InChI is InChI=1S/C11H23N2/c1-2-3-4-5-6-9-13-10-7-12-8-11-13/h2-11H2,1H3. The molecule has 0 aromatic carbocycles. The van der Waals surface area contributed by atoms with Crippen molar-refractivity contribution in [1.82, 2.24) is 10.2 Å². The third-order valence-corrected chi connectivity index (χ3v) is 2.73. The number of rotatable bonds is 6. The van der Waals surface area contributed by atoms with Crippen molar-refractivity contribution in [2.45, 2.75) is 39.0 Å². The second kappa shape index (κ2) is 7.34. The first-order chi connectivity index (χ1) is 6.43. The van der Waals surface area contributed by atoms with E-state index in [1.165, 1.54) is 51.7 Å². The molecule has 1 aliphatic rings. The molecular formula is C11H23N2. The average molecular weight is 183 g/mol. The van der Waals surface area contributed by atoms with Crippen LogP contribution in [0.1, 0.15) is 39.0 Å². The zero-order valence-electron chi connectivity index (χ0n) is 8.97. The molecule has 13 heavy (non-hydrogen) atoms. The molecule has 1 aliphatic heterocycles. The second-order valence-corrected chi connectivity index (χ2v) is 3.93. The third kappa shape index (κ3) is 5.27. The first-order valence-electron chi connectivity index (χ1n) is 5.79. The Hall–Kier alpha value is -0.0800. The van der Waals surface area contributed by atoms with E-state index in [0.29, 0.717) is 0 Å². The SMILES string of the molecule is CCCCCCCN1CC[N]CC1. The van der Waals surface area contributed by atoms with Gasteiger partial charge < -0.3 is 4.90 Å². The van der Waals surface area contributed by atoms with Gasteiger partial charge in [0.25, 0.3) is 0 Å². The Morgan fingerprint density at radius 3 is 2.38 bits per heavy atom.